The van der Waals surface area contributed by atoms with Crippen LogP contribution in [0.5, 0.6) is 0 Å². The van der Waals surface area contributed by atoms with Gasteiger partial charge < -0.3 is 5.32 Å². The smallest absolute Gasteiger partial charge is 0.131 e. The third-order valence-electron chi connectivity index (χ3n) is 2.60. The first kappa shape index (κ1) is 13.5. The molecule has 0 aliphatic carbocycles. The molecule has 0 radical (unpaired) electrons. The molecule has 0 saturated carbocycles. The Morgan fingerprint density at radius 1 is 1.28 bits per heavy atom. The van der Waals surface area contributed by atoms with Gasteiger partial charge in [-0.1, -0.05) is 24.6 Å². The molecule has 1 heterocycles. The van der Waals surface area contributed by atoms with Crippen molar-refractivity contribution in [2.24, 2.45) is 0 Å². The zero-order valence-corrected chi connectivity index (χ0v) is 11.3. The summed E-state index contributed by atoms with van der Waals surface area (Å²) in [6.07, 6.45) is 0. The second kappa shape index (κ2) is 5.78. The fraction of sp³-hybridized carbons (Fsp3) is 0.231. The fourth-order valence-electron chi connectivity index (χ4n) is 1.83. The van der Waals surface area contributed by atoms with Crippen LogP contribution in [0.1, 0.15) is 23.4 Å². The van der Waals surface area contributed by atoms with Crippen molar-refractivity contribution in [2.45, 2.75) is 13.0 Å². The lowest BCUT2D eigenvalue weighted by Gasteiger charge is -2.19. The average molecular weight is 288 g/mol. The third kappa shape index (κ3) is 2.55. The van der Waals surface area contributed by atoms with Crippen molar-refractivity contribution in [3.05, 3.63) is 56.7 Å². The Hall–Kier alpha value is -0.970. The second-order valence-corrected chi connectivity index (χ2v) is 5.11. The zero-order valence-electron chi connectivity index (χ0n) is 9.71. The molecule has 0 fully saturated rings. The molecule has 0 amide bonds. The summed E-state index contributed by atoms with van der Waals surface area (Å²) in [4.78, 5) is 0.725. The summed E-state index contributed by atoms with van der Waals surface area (Å²) in [5, 5.41) is 5.40. The summed E-state index contributed by atoms with van der Waals surface area (Å²) in [6, 6.07) is 5.04. The van der Waals surface area contributed by atoms with Gasteiger partial charge in [0.2, 0.25) is 0 Å². The summed E-state index contributed by atoms with van der Waals surface area (Å²) in [6.45, 7) is 2.47. The van der Waals surface area contributed by atoms with Crippen LogP contribution in [-0.2, 0) is 0 Å². The van der Waals surface area contributed by atoms with Gasteiger partial charge in [0.05, 0.1) is 11.1 Å². The lowest BCUT2D eigenvalue weighted by molar-refractivity contribution is 0.513. The monoisotopic (exact) mass is 287 g/mol. The molecule has 0 saturated heterocycles. The molecule has 0 bridgehead atoms. The third-order valence-corrected chi connectivity index (χ3v) is 4.03. The number of nitrogens with one attached hydrogen (secondary N) is 1. The molecule has 5 heteroatoms. The van der Waals surface area contributed by atoms with E-state index >= 15 is 0 Å². The summed E-state index contributed by atoms with van der Waals surface area (Å²) in [7, 11) is 0. The van der Waals surface area contributed by atoms with Crippen molar-refractivity contribution in [1.82, 2.24) is 5.32 Å². The Bertz CT molecular complexity index is 521. The van der Waals surface area contributed by atoms with E-state index in [1.165, 1.54) is 29.5 Å². The van der Waals surface area contributed by atoms with E-state index in [0.29, 0.717) is 11.6 Å². The predicted octanol–water partition coefficient (Wildman–Crippen LogP) is 4.38. The van der Waals surface area contributed by atoms with E-state index in [9.17, 15) is 8.78 Å². The van der Waals surface area contributed by atoms with Crippen molar-refractivity contribution >= 4 is 22.9 Å². The SMILES string of the molecule is CCNC(c1sccc1Cl)c1c(F)cccc1F. The van der Waals surface area contributed by atoms with Gasteiger partial charge in [0.25, 0.3) is 0 Å². The standard InChI is InChI=1S/C13H12ClF2NS/c1-2-17-12(13-8(14)6-7-18-13)11-9(15)4-3-5-10(11)16/h3-7,12,17H,2H2,1H3. The van der Waals surface area contributed by atoms with Gasteiger partial charge in [0.15, 0.2) is 0 Å². The minimum atomic E-state index is -0.564. The molecule has 1 nitrogen and oxygen atoms in total. The van der Waals surface area contributed by atoms with Crippen LogP contribution >= 0.6 is 22.9 Å². The molecule has 96 valence electrons. The van der Waals surface area contributed by atoms with Crippen molar-refractivity contribution in [3.63, 3.8) is 0 Å². The first-order valence-corrected chi connectivity index (χ1v) is 6.81. The minimum Gasteiger partial charge on any atom is -0.306 e. The van der Waals surface area contributed by atoms with Gasteiger partial charge in [-0.25, -0.2) is 8.78 Å². The Morgan fingerprint density at radius 2 is 1.94 bits per heavy atom. The molecular weight excluding hydrogens is 276 g/mol. The number of thiophene rings is 1. The van der Waals surface area contributed by atoms with Crippen molar-refractivity contribution in [1.29, 1.82) is 0 Å². The minimum absolute atomic E-state index is 0.0173. The van der Waals surface area contributed by atoms with Crippen LogP contribution in [0.15, 0.2) is 29.6 Å². The topological polar surface area (TPSA) is 12.0 Å². The molecule has 1 aromatic heterocycles. The molecule has 2 aromatic rings. The highest BCUT2D eigenvalue weighted by molar-refractivity contribution is 7.10. The van der Waals surface area contributed by atoms with Crippen molar-refractivity contribution < 1.29 is 8.78 Å². The average Bonchev–Trinajstić information content (AvgIpc) is 2.74. The molecule has 1 unspecified atom stereocenters. The molecule has 1 atom stereocenters. The summed E-state index contributed by atoms with van der Waals surface area (Å²) in [5.74, 6) is -1.13. The van der Waals surface area contributed by atoms with Gasteiger partial charge >= 0.3 is 0 Å². The molecule has 2 rings (SSSR count). The quantitative estimate of drug-likeness (QED) is 0.880. The van der Waals surface area contributed by atoms with E-state index in [1.807, 2.05) is 6.92 Å². The maximum atomic E-state index is 13.8. The Labute approximate surface area is 113 Å². The Kier molecular flexibility index (Phi) is 4.32. The van der Waals surface area contributed by atoms with Crippen molar-refractivity contribution in [2.75, 3.05) is 6.54 Å². The molecule has 18 heavy (non-hydrogen) atoms. The number of halogens is 3. The van der Waals surface area contributed by atoms with E-state index in [1.54, 1.807) is 11.4 Å². The fourth-order valence-corrected chi connectivity index (χ4v) is 3.08. The van der Waals surface area contributed by atoms with Gasteiger partial charge in [0, 0.05) is 10.4 Å². The lowest BCUT2D eigenvalue weighted by Crippen LogP contribution is -2.23. The van der Waals surface area contributed by atoms with Crippen molar-refractivity contribution in [3.8, 4) is 0 Å². The normalized spacial score (nSPS) is 12.7. The summed E-state index contributed by atoms with van der Waals surface area (Å²) < 4.78 is 27.7. The maximum Gasteiger partial charge on any atom is 0.131 e. The zero-order chi connectivity index (χ0) is 13.1. The van der Waals surface area contributed by atoms with Crippen LogP contribution in [0.4, 0.5) is 8.78 Å². The first-order chi connectivity index (χ1) is 8.65. The summed E-state index contributed by atoms with van der Waals surface area (Å²) >= 11 is 7.43. The van der Waals surface area contributed by atoms with Crippen LogP contribution in [0, 0.1) is 11.6 Å². The number of hydrogen-bond acceptors (Lipinski definition) is 2. The van der Waals surface area contributed by atoms with E-state index in [2.05, 4.69) is 5.32 Å². The van der Waals surface area contributed by atoms with Gasteiger partial charge in [-0.15, -0.1) is 11.3 Å². The molecule has 1 aromatic carbocycles. The second-order valence-electron chi connectivity index (χ2n) is 3.76. The van der Waals surface area contributed by atoms with Crippen LogP contribution in [-0.4, -0.2) is 6.54 Å². The van der Waals surface area contributed by atoms with Gasteiger partial charge in [-0.2, -0.15) is 0 Å². The predicted molar refractivity (Wildman–Crippen MR) is 71.2 cm³/mol. The lowest BCUT2D eigenvalue weighted by atomic mass is 10.0. The highest BCUT2D eigenvalue weighted by atomic mass is 35.5. The Morgan fingerprint density at radius 3 is 2.44 bits per heavy atom. The van der Waals surface area contributed by atoms with Crippen LogP contribution in [0.2, 0.25) is 5.02 Å². The van der Waals surface area contributed by atoms with E-state index in [0.717, 1.165) is 4.88 Å². The van der Waals surface area contributed by atoms with E-state index < -0.39 is 17.7 Å². The molecular formula is C13H12ClF2NS. The van der Waals surface area contributed by atoms with Crippen LogP contribution in [0.3, 0.4) is 0 Å². The van der Waals surface area contributed by atoms with E-state index in [-0.39, 0.29) is 5.56 Å². The van der Waals surface area contributed by atoms with E-state index in [4.69, 9.17) is 11.6 Å². The number of rotatable bonds is 4. The molecule has 0 spiro atoms. The van der Waals surface area contributed by atoms with Crippen LogP contribution in [0.25, 0.3) is 0 Å². The Balaban J connectivity index is 2.52. The van der Waals surface area contributed by atoms with Gasteiger partial charge in [-0.05, 0) is 30.1 Å². The maximum absolute atomic E-state index is 13.8. The number of hydrogen-bond donors (Lipinski definition) is 1. The molecule has 1 N–H and O–H groups in total. The van der Waals surface area contributed by atoms with Gasteiger partial charge in [0.1, 0.15) is 11.6 Å². The highest BCUT2D eigenvalue weighted by Gasteiger charge is 2.23. The summed E-state index contributed by atoms with van der Waals surface area (Å²) in [5.41, 5.74) is 0.0173. The first-order valence-electron chi connectivity index (χ1n) is 5.55. The number of benzene rings is 1. The molecule has 0 aliphatic rings. The molecule has 0 aliphatic heterocycles. The van der Waals surface area contributed by atoms with Gasteiger partial charge in [-0.3, -0.25) is 0 Å². The highest BCUT2D eigenvalue weighted by Crippen LogP contribution is 2.34. The largest absolute Gasteiger partial charge is 0.306 e. The van der Waals surface area contributed by atoms with Crippen LogP contribution < -0.4 is 5.32 Å².